The molecule has 4 heterocycles. The van der Waals surface area contributed by atoms with Crippen LogP contribution in [0.2, 0.25) is 0 Å². The van der Waals surface area contributed by atoms with Crippen LogP contribution in [0.3, 0.4) is 0 Å². The second-order valence-electron chi connectivity index (χ2n) is 8.86. The molecule has 11 heteroatoms. The zero-order valence-electron chi connectivity index (χ0n) is 18.0. The normalized spacial score (nSPS) is 27.6. The van der Waals surface area contributed by atoms with Crippen molar-refractivity contribution in [2.45, 2.75) is 31.1 Å². The van der Waals surface area contributed by atoms with Crippen molar-refractivity contribution in [3.8, 4) is 0 Å². The molecule has 3 aromatic rings. The van der Waals surface area contributed by atoms with Crippen LogP contribution in [0.4, 0.5) is 21.7 Å². The van der Waals surface area contributed by atoms with E-state index in [0.29, 0.717) is 60.9 Å². The molecule has 1 saturated heterocycles. The predicted molar refractivity (Wildman–Crippen MR) is 119 cm³/mol. The first kappa shape index (κ1) is 20.2. The molecular weight excluding hydrogens is 429 g/mol. The molecule has 172 valence electrons. The highest BCUT2D eigenvalue weighted by molar-refractivity contribution is 6.00. The summed E-state index contributed by atoms with van der Waals surface area (Å²) in [5.41, 5.74) is 0.810. The minimum atomic E-state index is -1.02. The lowest BCUT2D eigenvalue weighted by atomic mass is 9.90. The molecule has 2 aliphatic carbocycles. The van der Waals surface area contributed by atoms with E-state index in [4.69, 9.17) is 4.74 Å². The highest BCUT2D eigenvalue weighted by atomic mass is 19.1. The van der Waals surface area contributed by atoms with Gasteiger partial charge in [-0.15, -0.1) is 0 Å². The third kappa shape index (κ3) is 3.26. The Kier molecular flexibility index (Phi) is 4.61. The van der Waals surface area contributed by atoms with Gasteiger partial charge in [-0.25, -0.2) is 9.37 Å². The van der Waals surface area contributed by atoms with Gasteiger partial charge in [0.1, 0.15) is 29.1 Å². The number of ether oxygens (including phenoxy) is 1. The Hall–Kier alpha value is -3.47. The predicted octanol–water partition coefficient (Wildman–Crippen LogP) is 1.72. The molecule has 0 spiro atoms. The first-order valence-corrected chi connectivity index (χ1v) is 11.1. The number of nitrogens with zero attached hydrogens (tertiary/aromatic N) is 4. The van der Waals surface area contributed by atoms with Crippen molar-refractivity contribution in [3.63, 3.8) is 0 Å². The molecule has 0 aromatic carbocycles. The van der Waals surface area contributed by atoms with E-state index in [1.807, 2.05) is 12.3 Å². The molecule has 3 fully saturated rings. The molecule has 2 saturated carbocycles. The summed E-state index contributed by atoms with van der Waals surface area (Å²) < 4.78 is 22.3. The number of fused-ring (bicyclic) bond motifs is 2. The number of alkyl halides is 1. The first-order valence-electron chi connectivity index (χ1n) is 11.1. The van der Waals surface area contributed by atoms with Crippen LogP contribution in [0.1, 0.15) is 29.2 Å². The molecule has 5 atom stereocenters. The lowest BCUT2D eigenvalue weighted by Crippen LogP contribution is -2.48. The van der Waals surface area contributed by atoms with E-state index in [2.05, 4.69) is 26.0 Å². The highest BCUT2D eigenvalue weighted by Crippen LogP contribution is 2.53. The summed E-state index contributed by atoms with van der Waals surface area (Å²) in [7, 11) is 1.73. The minimum Gasteiger partial charge on any atom is -0.381 e. The van der Waals surface area contributed by atoms with Crippen molar-refractivity contribution in [1.82, 2.24) is 24.5 Å². The SMILES string of the molecule is CNc1cc(Nc2cccn(C3[C@H]4COC[C@@H]34)c2=O)nc2c(C(=O)N[C@@H]3CC[C@@H]3F)cnn12. The fourth-order valence-electron chi connectivity index (χ4n) is 4.83. The summed E-state index contributed by atoms with van der Waals surface area (Å²) in [5, 5.41) is 13.1. The lowest BCUT2D eigenvalue weighted by molar-refractivity contribution is 0.0826. The number of aromatic nitrogens is 4. The van der Waals surface area contributed by atoms with Crippen LogP contribution in [0.15, 0.2) is 35.4 Å². The first-order chi connectivity index (χ1) is 16.0. The summed E-state index contributed by atoms with van der Waals surface area (Å²) in [5.74, 6) is 1.35. The Bertz CT molecular complexity index is 1290. The molecule has 1 unspecified atom stereocenters. The Morgan fingerprint density at radius 3 is 2.79 bits per heavy atom. The van der Waals surface area contributed by atoms with Crippen LogP contribution in [0.5, 0.6) is 0 Å². The lowest BCUT2D eigenvalue weighted by Gasteiger charge is -2.30. The van der Waals surface area contributed by atoms with Crippen LogP contribution < -0.4 is 21.5 Å². The van der Waals surface area contributed by atoms with Gasteiger partial charge in [0.05, 0.1) is 25.5 Å². The third-order valence-electron chi connectivity index (χ3n) is 6.94. The van der Waals surface area contributed by atoms with Crippen LogP contribution >= 0.6 is 0 Å². The van der Waals surface area contributed by atoms with Gasteiger partial charge in [0.25, 0.3) is 11.5 Å². The second kappa shape index (κ2) is 7.55. The molecule has 1 amide bonds. The minimum absolute atomic E-state index is 0.130. The summed E-state index contributed by atoms with van der Waals surface area (Å²) in [4.78, 5) is 30.4. The van der Waals surface area contributed by atoms with Crippen molar-refractivity contribution < 1.29 is 13.9 Å². The quantitative estimate of drug-likeness (QED) is 0.521. The molecule has 6 rings (SSSR count). The Morgan fingerprint density at radius 2 is 2.09 bits per heavy atom. The largest absolute Gasteiger partial charge is 0.381 e. The van der Waals surface area contributed by atoms with E-state index in [1.54, 1.807) is 23.7 Å². The van der Waals surface area contributed by atoms with Gasteiger partial charge < -0.3 is 25.3 Å². The number of nitrogens with one attached hydrogen (secondary N) is 3. The van der Waals surface area contributed by atoms with Gasteiger partial charge in [0, 0.05) is 37.2 Å². The molecule has 3 N–H and O–H groups in total. The number of pyridine rings is 1. The van der Waals surface area contributed by atoms with Gasteiger partial charge in [-0.1, -0.05) is 0 Å². The van der Waals surface area contributed by atoms with Crippen molar-refractivity contribution in [2.24, 2.45) is 11.8 Å². The van der Waals surface area contributed by atoms with Gasteiger partial charge >= 0.3 is 0 Å². The smallest absolute Gasteiger partial charge is 0.274 e. The van der Waals surface area contributed by atoms with E-state index in [1.165, 1.54) is 10.7 Å². The zero-order valence-corrected chi connectivity index (χ0v) is 18.0. The van der Waals surface area contributed by atoms with Crippen molar-refractivity contribution in [3.05, 3.63) is 46.5 Å². The number of carbonyl (C=O) groups excluding carboxylic acids is 1. The number of halogens is 1. The van der Waals surface area contributed by atoms with Crippen LogP contribution in [-0.4, -0.2) is 57.5 Å². The summed E-state index contributed by atoms with van der Waals surface area (Å²) in [6.45, 7) is 1.39. The fourth-order valence-corrected chi connectivity index (χ4v) is 4.83. The molecule has 3 aliphatic rings. The highest BCUT2D eigenvalue weighted by Gasteiger charge is 2.55. The molecule has 0 bridgehead atoms. The van der Waals surface area contributed by atoms with Crippen molar-refractivity contribution >= 4 is 28.9 Å². The van der Waals surface area contributed by atoms with Gasteiger partial charge in [0.15, 0.2) is 5.65 Å². The van der Waals surface area contributed by atoms with Crippen molar-refractivity contribution in [1.29, 1.82) is 0 Å². The number of carbonyl (C=O) groups is 1. The summed E-state index contributed by atoms with van der Waals surface area (Å²) >= 11 is 0. The van der Waals surface area contributed by atoms with Gasteiger partial charge in [0.2, 0.25) is 0 Å². The monoisotopic (exact) mass is 453 g/mol. The maximum absolute atomic E-state index is 13.6. The Morgan fingerprint density at radius 1 is 1.27 bits per heavy atom. The van der Waals surface area contributed by atoms with Gasteiger partial charge in [-0.05, 0) is 25.0 Å². The number of hydrogen-bond acceptors (Lipinski definition) is 7. The van der Waals surface area contributed by atoms with Crippen LogP contribution in [-0.2, 0) is 4.74 Å². The maximum atomic E-state index is 13.6. The van der Waals surface area contributed by atoms with E-state index in [-0.39, 0.29) is 17.2 Å². The molecular formula is C22H24FN7O3. The second-order valence-corrected chi connectivity index (χ2v) is 8.86. The number of amides is 1. The molecule has 0 radical (unpaired) electrons. The van der Waals surface area contributed by atoms with E-state index in [0.717, 1.165) is 0 Å². The zero-order chi connectivity index (χ0) is 22.7. The Labute approximate surface area is 188 Å². The number of rotatable bonds is 6. The average Bonchev–Trinajstić information content (AvgIpc) is 3.15. The molecule has 3 aromatic heterocycles. The molecule has 1 aliphatic heterocycles. The maximum Gasteiger partial charge on any atom is 0.274 e. The van der Waals surface area contributed by atoms with E-state index >= 15 is 0 Å². The van der Waals surface area contributed by atoms with Crippen molar-refractivity contribution in [2.75, 3.05) is 30.9 Å². The standard InChI is InChI=1S/C22H24FN7O3/c1-24-18-7-17(26-16-3-2-6-29(22(16)32)19-12-9-33-10-13(12)19)28-20-11(8-25-30(18)20)21(31)27-15-5-4-14(15)23/h2-3,6-8,12-15,19,24H,4-5,9-10H2,1H3,(H,26,28)(H,27,31)/t12-,13+,14-,15+,19?/m0/s1. The molecule has 10 nitrogen and oxygen atoms in total. The van der Waals surface area contributed by atoms with Crippen LogP contribution in [0, 0.1) is 11.8 Å². The van der Waals surface area contributed by atoms with Crippen LogP contribution in [0.25, 0.3) is 5.65 Å². The van der Waals surface area contributed by atoms with E-state index in [9.17, 15) is 14.0 Å². The van der Waals surface area contributed by atoms with E-state index < -0.39 is 18.1 Å². The third-order valence-corrected chi connectivity index (χ3v) is 6.94. The number of hydrogen-bond donors (Lipinski definition) is 3. The average molecular weight is 453 g/mol. The summed E-state index contributed by atoms with van der Waals surface area (Å²) in [6.07, 6.45) is 3.27. The Balaban J connectivity index is 1.31. The topological polar surface area (TPSA) is 115 Å². The van der Waals surface area contributed by atoms with Gasteiger partial charge in [-0.3, -0.25) is 9.59 Å². The summed E-state index contributed by atoms with van der Waals surface area (Å²) in [6, 6.07) is 4.95. The fraction of sp³-hybridized carbons (Fsp3) is 0.455. The molecule has 33 heavy (non-hydrogen) atoms. The van der Waals surface area contributed by atoms with Gasteiger partial charge in [-0.2, -0.15) is 9.61 Å². The number of anilines is 3.